The molecule has 1 aromatic carbocycles. The molecule has 6 heteroatoms. The van der Waals surface area contributed by atoms with Crippen LogP contribution in [-0.4, -0.2) is 50.5 Å². The van der Waals surface area contributed by atoms with Crippen molar-refractivity contribution in [1.82, 2.24) is 19.6 Å². The van der Waals surface area contributed by atoms with Gasteiger partial charge in [-0.1, -0.05) is 37.3 Å². The zero-order chi connectivity index (χ0) is 18.5. The maximum atomic E-state index is 12.7. The lowest BCUT2D eigenvalue weighted by Crippen LogP contribution is -2.44. The van der Waals surface area contributed by atoms with Crippen LogP contribution in [-0.2, 0) is 22.7 Å². The van der Waals surface area contributed by atoms with E-state index in [1.807, 2.05) is 53.3 Å². The molecule has 3 rings (SSSR count). The van der Waals surface area contributed by atoms with Gasteiger partial charge in [0.25, 0.3) is 0 Å². The highest BCUT2D eigenvalue weighted by Crippen LogP contribution is 2.18. The van der Waals surface area contributed by atoms with Gasteiger partial charge in [0.05, 0.1) is 6.20 Å². The molecule has 2 heterocycles. The second-order valence-corrected chi connectivity index (χ2v) is 6.87. The van der Waals surface area contributed by atoms with Gasteiger partial charge in [0, 0.05) is 38.3 Å². The number of benzene rings is 1. The fourth-order valence-corrected chi connectivity index (χ4v) is 3.39. The maximum absolute atomic E-state index is 12.7. The molecule has 1 fully saturated rings. The molecule has 0 radical (unpaired) electrons. The van der Waals surface area contributed by atoms with Crippen molar-refractivity contribution in [3.8, 4) is 0 Å². The quantitative estimate of drug-likeness (QED) is 0.827. The van der Waals surface area contributed by atoms with Crippen molar-refractivity contribution in [2.24, 2.45) is 0 Å². The largest absolute Gasteiger partial charge is 0.339 e. The van der Waals surface area contributed by atoms with Crippen LogP contribution >= 0.6 is 0 Å². The molecule has 0 saturated carbocycles. The van der Waals surface area contributed by atoms with E-state index in [0.717, 1.165) is 17.5 Å². The molecule has 0 aliphatic carbocycles. The highest BCUT2D eigenvalue weighted by atomic mass is 16.2. The van der Waals surface area contributed by atoms with Crippen LogP contribution in [0.4, 0.5) is 0 Å². The van der Waals surface area contributed by atoms with E-state index in [4.69, 9.17) is 0 Å². The minimum absolute atomic E-state index is 0.0147. The van der Waals surface area contributed by atoms with Crippen molar-refractivity contribution in [1.29, 1.82) is 0 Å². The lowest BCUT2D eigenvalue weighted by atomic mass is 10.1. The molecular weight excluding hydrogens is 328 g/mol. The van der Waals surface area contributed by atoms with Gasteiger partial charge < -0.3 is 9.80 Å². The number of carbonyl (C=O) groups excluding carboxylic acids is 2. The van der Waals surface area contributed by atoms with Gasteiger partial charge in [-0.05, 0) is 24.5 Å². The minimum Gasteiger partial charge on any atom is -0.339 e. The van der Waals surface area contributed by atoms with Gasteiger partial charge in [0.2, 0.25) is 11.8 Å². The molecule has 1 atom stereocenters. The van der Waals surface area contributed by atoms with E-state index in [9.17, 15) is 9.59 Å². The molecule has 1 aromatic heterocycles. The third kappa shape index (κ3) is 4.31. The van der Waals surface area contributed by atoms with Crippen molar-refractivity contribution in [2.75, 3.05) is 13.1 Å². The minimum atomic E-state index is 0.0147. The number of aromatic nitrogens is 2. The summed E-state index contributed by atoms with van der Waals surface area (Å²) in [4.78, 5) is 29.1. The van der Waals surface area contributed by atoms with Gasteiger partial charge in [0.1, 0.15) is 6.54 Å². The Morgan fingerprint density at radius 3 is 2.69 bits per heavy atom. The number of carbonyl (C=O) groups is 2. The topological polar surface area (TPSA) is 58.4 Å². The second kappa shape index (κ2) is 8.17. The van der Waals surface area contributed by atoms with Crippen molar-refractivity contribution >= 4 is 11.8 Å². The number of rotatable bonds is 5. The lowest BCUT2D eigenvalue weighted by molar-refractivity contribution is -0.133. The summed E-state index contributed by atoms with van der Waals surface area (Å²) in [6.07, 6.45) is 4.80. The Kier molecular flexibility index (Phi) is 5.71. The molecule has 26 heavy (non-hydrogen) atoms. The van der Waals surface area contributed by atoms with E-state index in [0.29, 0.717) is 26.1 Å². The first-order chi connectivity index (χ1) is 12.6. The average Bonchev–Trinajstić information content (AvgIpc) is 2.98. The normalized spacial score (nSPS) is 18.1. The van der Waals surface area contributed by atoms with E-state index in [1.54, 1.807) is 10.9 Å². The van der Waals surface area contributed by atoms with Crippen molar-refractivity contribution in [3.05, 3.63) is 53.9 Å². The zero-order valence-corrected chi connectivity index (χ0v) is 15.5. The number of hydrogen-bond acceptors (Lipinski definition) is 3. The molecule has 0 spiro atoms. The maximum Gasteiger partial charge on any atom is 0.244 e. The fraction of sp³-hybridized carbons (Fsp3) is 0.450. The number of aryl methyl sites for hydroxylation is 1. The van der Waals surface area contributed by atoms with Crippen LogP contribution in [0.15, 0.2) is 42.7 Å². The average molecular weight is 354 g/mol. The molecule has 1 aliphatic heterocycles. The summed E-state index contributed by atoms with van der Waals surface area (Å²) in [5.74, 6) is 0.131. The van der Waals surface area contributed by atoms with Gasteiger partial charge in [0.15, 0.2) is 0 Å². The van der Waals surface area contributed by atoms with Crippen LogP contribution in [0.3, 0.4) is 0 Å². The van der Waals surface area contributed by atoms with Crippen molar-refractivity contribution < 1.29 is 9.59 Å². The number of hydrogen-bond donors (Lipinski definition) is 0. The molecule has 1 aliphatic rings. The molecule has 2 aromatic rings. The third-order valence-electron chi connectivity index (χ3n) is 4.87. The van der Waals surface area contributed by atoms with Crippen molar-refractivity contribution in [2.45, 2.75) is 45.8 Å². The summed E-state index contributed by atoms with van der Waals surface area (Å²) < 4.78 is 1.66. The van der Waals surface area contributed by atoms with Gasteiger partial charge in [-0.2, -0.15) is 5.10 Å². The Balaban J connectivity index is 1.70. The van der Waals surface area contributed by atoms with Gasteiger partial charge in [-0.25, -0.2) is 0 Å². The third-order valence-corrected chi connectivity index (χ3v) is 4.87. The Hall–Kier alpha value is -2.63. The van der Waals surface area contributed by atoms with E-state index in [-0.39, 0.29) is 24.4 Å². The Labute approximate surface area is 154 Å². The Bertz CT molecular complexity index is 756. The summed E-state index contributed by atoms with van der Waals surface area (Å²) in [7, 11) is 0. The van der Waals surface area contributed by atoms with E-state index in [2.05, 4.69) is 12.0 Å². The van der Waals surface area contributed by atoms with Crippen LogP contribution in [0, 0.1) is 6.92 Å². The molecule has 2 amide bonds. The standard InChI is InChI=1S/C20H26N4O2/c1-3-18-14-22(20(26)15-23-12-16(2)11-21-23)10-9-19(25)24(18)13-17-7-5-4-6-8-17/h4-8,11-12,18H,3,9-10,13-15H2,1-2H3/t18-/m0/s1. The molecule has 6 nitrogen and oxygen atoms in total. The SMILES string of the molecule is CC[C@H]1CN(C(=O)Cn2cc(C)cn2)CCC(=O)N1Cc1ccccc1. The summed E-state index contributed by atoms with van der Waals surface area (Å²) in [6.45, 7) is 5.89. The molecule has 1 saturated heterocycles. The van der Waals surface area contributed by atoms with Crippen molar-refractivity contribution in [3.63, 3.8) is 0 Å². The molecule has 0 N–H and O–H groups in total. The summed E-state index contributed by atoms with van der Waals surface area (Å²) in [5.41, 5.74) is 2.15. The van der Waals surface area contributed by atoms with Gasteiger partial charge in [-0.15, -0.1) is 0 Å². The van der Waals surface area contributed by atoms with E-state index < -0.39 is 0 Å². The number of nitrogens with zero attached hydrogens (tertiary/aromatic N) is 4. The van der Waals surface area contributed by atoms with E-state index in [1.165, 1.54) is 0 Å². The monoisotopic (exact) mass is 354 g/mol. The van der Waals surface area contributed by atoms with Crippen LogP contribution < -0.4 is 0 Å². The first-order valence-electron chi connectivity index (χ1n) is 9.17. The van der Waals surface area contributed by atoms with Crippen LogP contribution in [0.5, 0.6) is 0 Å². The zero-order valence-electron chi connectivity index (χ0n) is 15.5. The summed E-state index contributed by atoms with van der Waals surface area (Å²) in [5, 5.41) is 4.19. The highest BCUT2D eigenvalue weighted by Gasteiger charge is 2.30. The predicted molar refractivity (Wildman–Crippen MR) is 99.2 cm³/mol. The Morgan fingerprint density at radius 2 is 2.04 bits per heavy atom. The van der Waals surface area contributed by atoms with Crippen LogP contribution in [0.1, 0.15) is 30.9 Å². The first-order valence-corrected chi connectivity index (χ1v) is 9.17. The smallest absolute Gasteiger partial charge is 0.244 e. The predicted octanol–water partition coefficient (Wildman–Crippen LogP) is 2.23. The molecule has 0 unspecified atom stereocenters. The first kappa shape index (κ1) is 18.2. The highest BCUT2D eigenvalue weighted by molar-refractivity contribution is 5.80. The van der Waals surface area contributed by atoms with Gasteiger partial charge >= 0.3 is 0 Å². The molecule has 0 bridgehead atoms. The Morgan fingerprint density at radius 1 is 1.27 bits per heavy atom. The van der Waals surface area contributed by atoms with Crippen LogP contribution in [0.2, 0.25) is 0 Å². The summed E-state index contributed by atoms with van der Waals surface area (Å²) >= 11 is 0. The number of amides is 2. The molecule has 138 valence electrons. The van der Waals surface area contributed by atoms with Crippen LogP contribution in [0.25, 0.3) is 0 Å². The van der Waals surface area contributed by atoms with E-state index >= 15 is 0 Å². The molecular formula is C20H26N4O2. The second-order valence-electron chi connectivity index (χ2n) is 6.87. The lowest BCUT2D eigenvalue weighted by Gasteiger charge is -2.31. The van der Waals surface area contributed by atoms with Gasteiger partial charge in [-0.3, -0.25) is 14.3 Å². The summed E-state index contributed by atoms with van der Waals surface area (Å²) in [6, 6.07) is 10.1. The fourth-order valence-electron chi connectivity index (χ4n) is 3.39.